The number of imidazole rings is 1. The lowest BCUT2D eigenvalue weighted by atomic mass is 10.0. The molecule has 1 fully saturated rings. The molecule has 23 N–H and O–H groups in total. The van der Waals surface area contributed by atoms with Crippen molar-refractivity contribution in [1.82, 2.24) is 84.0 Å². The second kappa shape index (κ2) is 48.6. The van der Waals surface area contributed by atoms with Gasteiger partial charge in [0.2, 0.25) is 82.7 Å². The van der Waals surface area contributed by atoms with Gasteiger partial charge >= 0.3 is 17.9 Å². The monoisotopic (exact) mass is 1700 g/mol. The molecule has 2 bridgehead atoms. The normalized spacial score (nSPS) is 19.7. The van der Waals surface area contributed by atoms with Crippen LogP contribution in [0.5, 0.6) is 0 Å². The molecule has 43 heteroatoms. The Hall–Kier alpha value is -11.9. The van der Waals surface area contributed by atoms with Crippen molar-refractivity contribution in [1.29, 1.82) is 5.41 Å². The van der Waals surface area contributed by atoms with Crippen molar-refractivity contribution in [3.05, 3.63) is 125 Å². The van der Waals surface area contributed by atoms with Gasteiger partial charge in [0.05, 0.1) is 37.5 Å². The Morgan fingerprint density at radius 1 is 0.636 bits per heavy atom. The summed E-state index contributed by atoms with van der Waals surface area (Å²) in [4.78, 5) is 243. The van der Waals surface area contributed by atoms with Crippen molar-refractivity contribution in [3.63, 3.8) is 0 Å². The number of primary amides is 1. The van der Waals surface area contributed by atoms with Gasteiger partial charge in [-0.2, -0.15) is 35.3 Å². The zero-order valence-corrected chi connectivity index (χ0v) is 67.3. The average molecular weight is 1700 g/mol. The van der Waals surface area contributed by atoms with Crippen molar-refractivity contribution < 1.29 is 102 Å². The summed E-state index contributed by atoms with van der Waals surface area (Å²) in [5, 5.41) is 80.9. The van der Waals surface area contributed by atoms with Gasteiger partial charge in [-0.1, -0.05) is 84.9 Å². The fourth-order valence-electron chi connectivity index (χ4n) is 12.4. The Labute approximate surface area is 690 Å². The maximum atomic E-state index is 15.2. The number of carboxylic acids is 3. The number of aromatic nitrogens is 2. The summed E-state index contributed by atoms with van der Waals surface area (Å²) in [5.41, 5.74) is 13.1. The summed E-state index contributed by atoms with van der Waals surface area (Å²) in [5.74, 6) is -19.0. The van der Waals surface area contributed by atoms with E-state index in [4.69, 9.17) is 16.9 Å². The van der Waals surface area contributed by atoms with Crippen molar-refractivity contribution in [2.45, 2.75) is 181 Å². The van der Waals surface area contributed by atoms with Crippen LogP contribution in [0.1, 0.15) is 99.6 Å². The van der Waals surface area contributed by atoms with Crippen LogP contribution in [0, 0.1) is 5.41 Å². The Kier molecular flexibility index (Phi) is 39.1. The van der Waals surface area contributed by atoms with E-state index in [0.717, 1.165) is 23.6 Å². The number of aromatic amines is 1. The van der Waals surface area contributed by atoms with E-state index < -0.39 is 230 Å². The molecule has 13 atom stereocenters. The zero-order chi connectivity index (χ0) is 86.5. The third kappa shape index (κ3) is 32.7. The average Bonchev–Trinajstić information content (AvgIpc) is 1.79. The molecule has 1 saturated heterocycles. The maximum absolute atomic E-state index is 15.2. The van der Waals surface area contributed by atoms with Crippen LogP contribution in [0.3, 0.4) is 0 Å². The van der Waals surface area contributed by atoms with Crippen LogP contribution in [0.15, 0.2) is 97.5 Å². The van der Waals surface area contributed by atoms with Gasteiger partial charge in [-0.25, -0.2) is 4.98 Å². The number of carbonyl (C=O) groups is 17. The SMILES string of the molecule is CSCC[C@H](NC(C)=O)C(=O)N[C@H]1CSCc2cccc(c2)CSC[C@@H](C(=O)N[C@@H](CC(=O)O)C(=O)N[C@@H](Cc2c[nH]cn2)C(=O)N[C@@H](Cc2ccccc2)C(=O)N[C@@H](CCCNC(=N)N)C(=O)N[C@@H](CC(=O)O)C(N)=O)NC(=O)[C@H](Cc2ccccc2)NC(=O)[C@H](CCC(=O)O)NC(=O)[C@H]([C@@H](C)O)NC(=O)[C@@H]2CCCN2C(=O)CNC1=O. The Morgan fingerprint density at radius 2 is 1.21 bits per heavy atom. The van der Waals surface area contributed by atoms with Gasteiger partial charge in [0.1, 0.15) is 72.5 Å². The van der Waals surface area contributed by atoms with Crippen molar-refractivity contribution >= 4 is 142 Å². The fraction of sp³-hybridized carbons (Fsp3) is 0.480. The lowest BCUT2D eigenvalue weighted by molar-refractivity contribution is -0.141. The number of benzene rings is 3. The smallest absolute Gasteiger partial charge is 0.305 e. The van der Waals surface area contributed by atoms with Gasteiger partial charge in [-0.15, -0.1) is 0 Å². The minimum Gasteiger partial charge on any atom is -0.481 e. The molecule has 118 heavy (non-hydrogen) atoms. The van der Waals surface area contributed by atoms with Gasteiger partial charge in [0.25, 0.3) is 0 Å². The molecule has 2 aliphatic heterocycles. The second-order valence-electron chi connectivity index (χ2n) is 27.8. The van der Waals surface area contributed by atoms with E-state index in [1.807, 2.05) is 0 Å². The number of rotatable bonds is 35. The summed E-state index contributed by atoms with van der Waals surface area (Å²) in [6.45, 7) is 1.67. The third-order valence-electron chi connectivity index (χ3n) is 18.4. The molecule has 2 aliphatic rings. The van der Waals surface area contributed by atoms with Crippen molar-refractivity contribution in [2.75, 3.05) is 43.1 Å². The standard InChI is InChI=1S/C75H101N19O21S3/c1-40(95)62-74(115)85-48(21-22-59(98)99)66(107)87-52(29-43-15-8-5-9-16-43)69(110)92-56(38-118-36-45-18-10-17-44(27-45)35-117-37-55(91-67(108)49(23-26-116-3)83-41(2)96)64(105)81-34-58(97)94-25-12-20-57(94)73(114)93-62)72(113)90-54(32-61(102)103)71(112)89-53(30-46-33-79-39-82-46)70(111)88-51(28-42-13-6-4-7-14-42)68(109)84-47(19-11-24-80-75(77)78)65(106)86-50(63(76)104)31-60(100)101/h4-10,13-18,27,33,39-40,47-57,62,95H,11-12,19-26,28-32,34-38H2,1-3H3,(H2,76,104)(H,79,82)(H,81,105)(H,83,96)(H,84,109)(H,85,115)(H,86,106)(H,87,107)(H,88,111)(H,89,112)(H,90,113)(H,91,108)(H,92,110)(H,93,114)(H,98,99)(H,100,101)(H,102,103)(H4,77,78,80)/t40-,47+,48+,49+,50+,51+,52+,53+,54+,55+,56+,57+,62+/m1/s1. The number of amides is 14. The molecule has 640 valence electrons. The van der Waals surface area contributed by atoms with Crippen molar-refractivity contribution in [2.24, 2.45) is 11.5 Å². The Balaban J connectivity index is 1.38. The van der Waals surface area contributed by atoms with Crippen LogP contribution in [0.25, 0.3) is 0 Å². The summed E-state index contributed by atoms with van der Waals surface area (Å²) < 4.78 is 0. The van der Waals surface area contributed by atoms with Gasteiger partial charge in [-0.3, -0.25) is 86.9 Å². The first kappa shape index (κ1) is 95.0. The number of nitrogens with zero attached hydrogens (tertiary/aromatic N) is 2. The first-order valence-electron chi connectivity index (χ1n) is 37.5. The molecular weight excluding hydrogens is 1600 g/mol. The van der Waals surface area contributed by atoms with Crippen LogP contribution in [-0.2, 0) is 112 Å². The Morgan fingerprint density at radius 3 is 1.81 bits per heavy atom. The molecule has 40 nitrogen and oxygen atoms in total. The highest BCUT2D eigenvalue weighted by atomic mass is 32.2. The number of aliphatic hydroxyl groups is 1. The summed E-state index contributed by atoms with van der Waals surface area (Å²) in [7, 11) is 0. The number of carboxylic acid groups (broad SMARTS) is 3. The summed E-state index contributed by atoms with van der Waals surface area (Å²) in [6, 6.07) is 3.29. The number of hydrogen-bond acceptors (Lipinski definition) is 23. The summed E-state index contributed by atoms with van der Waals surface area (Å²) in [6.07, 6.45) is -1.77. The number of hydrogen-bond donors (Lipinski definition) is 21. The molecule has 1 aromatic heterocycles. The number of fused-ring (bicyclic) bond motifs is 3. The molecule has 0 aliphatic carbocycles. The van der Waals surface area contributed by atoms with E-state index >= 15 is 9.59 Å². The highest BCUT2D eigenvalue weighted by Crippen LogP contribution is 2.22. The van der Waals surface area contributed by atoms with E-state index in [1.165, 1.54) is 43.0 Å². The van der Waals surface area contributed by atoms with Gasteiger partial charge in [-0.05, 0) is 79.7 Å². The highest BCUT2D eigenvalue weighted by Gasteiger charge is 2.41. The minimum absolute atomic E-state index is 0.00906. The summed E-state index contributed by atoms with van der Waals surface area (Å²) >= 11 is 3.65. The van der Waals surface area contributed by atoms with Crippen LogP contribution in [0.4, 0.5) is 0 Å². The topological polar surface area (TPSA) is 635 Å². The molecule has 0 spiro atoms. The maximum Gasteiger partial charge on any atom is 0.305 e. The molecule has 0 unspecified atom stereocenters. The number of thioether (sulfide) groups is 3. The van der Waals surface area contributed by atoms with E-state index in [-0.39, 0.29) is 81.0 Å². The first-order valence-corrected chi connectivity index (χ1v) is 41.2. The van der Waals surface area contributed by atoms with E-state index in [9.17, 15) is 92.3 Å². The highest BCUT2D eigenvalue weighted by molar-refractivity contribution is 7.99. The lowest BCUT2D eigenvalue weighted by Crippen LogP contribution is -2.62. The van der Waals surface area contributed by atoms with Crippen LogP contribution in [0.2, 0.25) is 0 Å². The molecule has 4 aromatic rings. The molecular formula is C75H101N19O21S3. The first-order chi connectivity index (χ1) is 56.2. The quantitative estimate of drug-likeness (QED) is 0.0118. The molecule has 3 aromatic carbocycles. The van der Waals surface area contributed by atoms with Gasteiger partial charge in [0, 0.05) is 74.9 Å². The predicted molar refractivity (Wildman–Crippen MR) is 430 cm³/mol. The van der Waals surface area contributed by atoms with Crippen LogP contribution in [-0.4, -0.2) is 264 Å². The lowest BCUT2D eigenvalue weighted by Gasteiger charge is -2.29. The molecule has 6 rings (SSSR count). The van der Waals surface area contributed by atoms with Gasteiger partial charge < -0.3 is 111 Å². The Bertz CT molecular complexity index is 4190. The van der Waals surface area contributed by atoms with E-state index in [0.29, 0.717) is 28.0 Å². The fourth-order valence-corrected chi connectivity index (χ4v) is 14.9. The molecule has 14 amide bonds. The number of aliphatic carboxylic acids is 3. The number of aliphatic hydroxyl groups excluding tert-OH is 1. The zero-order valence-electron chi connectivity index (χ0n) is 64.9. The minimum atomic E-state index is -2.11. The predicted octanol–water partition coefficient (Wildman–Crippen LogP) is -4.23. The van der Waals surface area contributed by atoms with Crippen molar-refractivity contribution in [3.8, 4) is 0 Å². The molecule has 0 saturated carbocycles. The van der Waals surface area contributed by atoms with Crippen LogP contribution >= 0.6 is 35.3 Å². The number of nitrogens with two attached hydrogens (primary N) is 2. The number of H-pyrrole nitrogens is 1. The third-order valence-corrected chi connectivity index (χ3v) is 21.3. The number of carbonyl (C=O) groups excluding carboxylic acids is 14. The second-order valence-corrected chi connectivity index (χ2v) is 30.8. The largest absolute Gasteiger partial charge is 0.481 e. The number of nitrogens with one attached hydrogen (secondary N) is 15. The number of guanidine groups is 1. The molecule has 0 radical (unpaired) electrons. The molecule has 3 heterocycles. The van der Waals surface area contributed by atoms with E-state index in [1.54, 1.807) is 91.2 Å². The van der Waals surface area contributed by atoms with E-state index in [2.05, 4.69) is 79.1 Å². The van der Waals surface area contributed by atoms with Crippen LogP contribution < -0.4 is 80.6 Å². The van der Waals surface area contributed by atoms with Gasteiger partial charge in [0.15, 0.2) is 5.96 Å².